The van der Waals surface area contributed by atoms with Crippen molar-refractivity contribution in [2.45, 2.75) is 13.5 Å². The summed E-state index contributed by atoms with van der Waals surface area (Å²) in [5, 5.41) is 5.93. The number of benzene rings is 2. The first kappa shape index (κ1) is 18.3. The Morgan fingerprint density at radius 1 is 0.926 bits per heavy atom. The molecule has 27 heavy (non-hydrogen) atoms. The number of anilines is 2. The normalized spacial score (nSPS) is 10.3. The molecule has 0 atom stereocenters. The Morgan fingerprint density at radius 3 is 2.30 bits per heavy atom. The third-order valence-electron chi connectivity index (χ3n) is 3.95. The molecular formula is C21H18FN3O2. The molecule has 3 rings (SSSR count). The summed E-state index contributed by atoms with van der Waals surface area (Å²) in [6.07, 6.45) is 3.08. The predicted octanol–water partition coefficient (Wildman–Crippen LogP) is 4.10. The minimum absolute atomic E-state index is 0.00281. The number of halogens is 1. The van der Waals surface area contributed by atoms with E-state index in [9.17, 15) is 14.0 Å². The first-order valence-electron chi connectivity index (χ1n) is 8.37. The Balaban J connectivity index is 1.64. The van der Waals surface area contributed by atoms with Crippen molar-refractivity contribution in [1.29, 1.82) is 0 Å². The van der Waals surface area contributed by atoms with Crippen molar-refractivity contribution < 1.29 is 14.0 Å². The van der Waals surface area contributed by atoms with E-state index in [-0.39, 0.29) is 17.5 Å². The minimum atomic E-state index is -0.315. The molecule has 1 heterocycles. The highest BCUT2D eigenvalue weighted by Gasteiger charge is 2.08. The van der Waals surface area contributed by atoms with Crippen molar-refractivity contribution in [3.63, 3.8) is 0 Å². The number of nitrogens with one attached hydrogen (secondary N) is 2. The van der Waals surface area contributed by atoms with Gasteiger partial charge in [0, 0.05) is 24.0 Å². The zero-order valence-corrected chi connectivity index (χ0v) is 14.7. The highest BCUT2D eigenvalue weighted by molar-refractivity contribution is 5.95. The molecule has 0 radical (unpaired) electrons. The standard InChI is InChI=1S/C21H18FN3O2/c1-14(26)16-4-8-19(9-5-16)25-20-10-17(12-23-13-20)21(27)24-11-15-2-6-18(22)7-3-15/h2-10,12-13,25H,11H2,1H3,(H,24,27). The maximum atomic E-state index is 12.9. The van der Waals surface area contributed by atoms with E-state index in [4.69, 9.17) is 0 Å². The molecule has 0 spiro atoms. The van der Waals surface area contributed by atoms with Crippen LogP contribution in [0.1, 0.15) is 33.2 Å². The monoisotopic (exact) mass is 363 g/mol. The number of carbonyl (C=O) groups is 2. The smallest absolute Gasteiger partial charge is 0.253 e. The number of Topliss-reactive ketones (excluding diaryl/α,β-unsaturated/α-hetero) is 1. The van der Waals surface area contributed by atoms with Crippen LogP contribution in [0, 0.1) is 5.82 Å². The third-order valence-corrected chi connectivity index (χ3v) is 3.95. The maximum Gasteiger partial charge on any atom is 0.253 e. The number of hydrogen-bond donors (Lipinski definition) is 2. The lowest BCUT2D eigenvalue weighted by Gasteiger charge is -2.09. The van der Waals surface area contributed by atoms with Gasteiger partial charge in [-0.1, -0.05) is 12.1 Å². The Bertz CT molecular complexity index is 954. The molecule has 2 aromatic carbocycles. The van der Waals surface area contributed by atoms with Crippen LogP contribution in [-0.2, 0) is 6.54 Å². The molecule has 0 fully saturated rings. The Morgan fingerprint density at radius 2 is 1.63 bits per heavy atom. The van der Waals surface area contributed by atoms with Gasteiger partial charge >= 0.3 is 0 Å². The highest BCUT2D eigenvalue weighted by atomic mass is 19.1. The number of amides is 1. The molecule has 0 aliphatic carbocycles. The number of rotatable bonds is 6. The summed E-state index contributed by atoms with van der Waals surface area (Å²) in [5.74, 6) is -0.588. The van der Waals surface area contributed by atoms with Gasteiger partial charge in [-0.05, 0) is 55.0 Å². The van der Waals surface area contributed by atoms with Crippen LogP contribution in [0.5, 0.6) is 0 Å². The van der Waals surface area contributed by atoms with Gasteiger partial charge in [0.2, 0.25) is 0 Å². The highest BCUT2D eigenvalue weighted by Crippen LogP contribution is 2.17. The van der Waals surface area contributed by atoms with E-state index < -0.39 is 0 Å². The Hall–Kier alpha value is -3.54. The number of carbonyl (C=O) groups excluding carboxylic acids is 2. The molecule has 2 N–H and O–H groups in total. The van der Waals surface area contributed by atoms with Gasteiger partial charge in [-0.15, -0.1) is 0 Å². The largest absolute Gasteiger partial charge is 0.354 e. The average molecular weight is 363 g/mol. The first-order valence-corrected chi connectivity index (χ1v) is 8.37. The van der Waals surface area contributed by atoms with Gasteiger partial charge < -0.3 is 10.6 Å². The van der Waals surface area contributed by atoms with Gasteiger partial charge in [0.25, 0.3) is 5.91 Å². The molecule has 6 heteroatoms. The molecule has 0 bridgehead atoms. The van der Waals surface area contributed by atoms with Crippen molar-refractivity contribution in [1.82, 2.24) is 10.3 Å². The van der Waals surface area contributed by atoms with Crippen LogP contribution >= 0.6 is 0 Å². The summed E-state index contributed by atoms with van der Waals surface area (Å²) in [7, 11) is 0. The second-order valence-electron chi connectivity index (χ2n) is 6.03. The van der Waals surface area contributed by atoms with Gasteiger partial charge in [-0.25, -0.2) is 4.39 Å². The molecule has 0 unspecified atom stereocenters. The van der Waals surface area contributed by atoms with E-state index in [2.05, 4.69) is 15.6 Å². The van der Waals surface area contributed by atoms with E-state index >= 15 is 0 Å². The SMILES string of the molecule is CC(=O)c1ccc(Nc2cncc(C(=O)NCc3ccc(F)cc3)c2)cc1. The molecule has 0 saturated carbocycles. The number of pyridine rings is 1. The molecule has 0 aliphatic rings. The summed E-state index contributed by atoms with van der Waals surface area (Å²) in [6.45, 7) is 1.81. The van der Waals surface area contributed by atoms with Gasteiger partial charge in [0.15, 0.2) is 5.78 Å². The van der Waals surface area contributed by atoms with E-state index in [1.54, 1.807) is 48.7 Å². The topological polar surface area (TPSA) is 71.1 Å². The molecule has 136 valence electrons. The van der Waals surface area contributed by atoms with Gasteiger partial charge in [-0.2, -0.15) is 0 Å². The third kappa shape index (κ3) is 4.98. The summed E-state index contributed by atoms with van der Waals surface area (Å²) in [4.78, 5) is 27.7. The lowest BCUT2D eigenvalue weighted by Crippen LogP contribution is -2.23. The minimum Gasteiger partial charge on any atom is -0.354 e. The van der Waals surface area contributed by atoms with Crippen molar-refractivity contribution in [3.8, 4) is 0 Å². The van der Waals surface area contributed by atoms with Crippen molar-refractivity contribution in [3.05, 3.63) is 89.5 Å². The van der Waals surface area contributed by atoms with Crippen molar-refractivity contribution in [2.24, 2.45) is 0 Å². The summed E-state index contributed by atoms with van der Waals surface area (Å²) in [5.41, 5.74) is 3.28. The predicted molar refractivity (Wildman–Crippen MR) is 102 cm³/mol. The molecule has 1 amide bonds. The molecule has 1 aromatic heterocycles. The number of aromatic nitrogens is 1. The van der Waals surface area contributed by atoms with Crippen molar-refractivity contribution in [2.75, 3.05) is 5.32 Å². The second-order valence-corrected chi connectivity index (χ2v) is 6.03. The fourth-order valence-corrected chi connectivity index (χ4v) is 2.47. The van der Waals surface area contributed by atoms with Crippen LogP contribution in [-0.4, -0.2) is 16.7 Å². The van der Waals surface area contributed by atoms with Crippen LogP contribution in [0.3, 0.4) is 0 Å². The van der Waals surface area contributed by atoms with Crippen molar-refractivity contribution >= 4 is 23.1 Å². The molecule has 0 saturated heterocycles. The Kier molecular flexibility index (Phi) is 5.56. The molecular weight excluding hydrogens is 345 g/mol. The van der Waals surface area contributed by atoms with Gasteiger partial charge in [0.05, 0.1) is 17.4 Å². The quantitative estimate of drug-likeness (QED) is 0.647. The molecule has 0 aliphatic heterocycles. The van der Waals surface area contributed by atoms with Crippen LogP contribution in [0.2, 0.25) is 0 Å². The molecule has 5 nitrogen and oxygen atoms in total. The lowest BCUT2D eigenvalue weighted by atomic mass is 10.1. The van der Waals surface area contributed by atoms with Crippen LogP contribution in [0.4, 0.5) is 15.8 Å². The van der Waals surface area contributed by atoms with Crippen LogP contribution in [0.15, 0.2) is 67.0 Å². The zero-order valence-electron chi connectivity index (χ0n) is 14.7. The van der Waals surface area contributed by atoms with E-state index in [0.29, 0.717) is 23.4 Å². The first-order chi connectivity index (χ1) is 13.0. The maximum absolute atomic E-state index is 12.9. The Labute approximate surface area is 156 Å². The molecule has 3 aromatic rings. The summed E-state index contributed by atoms with van der Waals surface area (Å²) >= 11 is 0. The summed E-state index contributed by atoms with van der Waals surface area (Å²) in [6, 6.07) is 14.7. The van der Waals surface area contributed by atoms with Gasteiger partial charge in [-0.3, -0.25) is 14.6 Å². The van der Waals surface area contributed by atoms with E-state index in [0.717, 1.165) is 11.3 Å². The fourth-order valence-electron chi connectivity index (χ4n) is 2.47. The van der Waals surface area contributed by atoms with E-state index in [1.165, 1.54) is 25.3 Å². The van der Waals surface area contributed by atoms with E-state index in [1.807, 2.05) is 0 Å². The second kappa shape index (κ2) is 8.23. The van der Waals surface area contributed by atoms with Crippen LogP contribution < -0.4 is 10.6 Å². The lowest BCUT2D eigenvalue weighted by molar-refractivity contribution is 0.0949. The zero-order chi connectivity index (χ0) is 19.2. The number of nitrogens with zero attached hydrogens (tertiary/aromatic N) is 1. The average Bonchev–Trinajstić information content (AvgIpc) is 2.68. The van der Waals surface area contributed by atoms with Crippen LogP contribution in [0.25, 0.3) is 0 Å². The number of ketones is 1. The van der Waals surface area contributed by atoms with Gasteiger partial charge in [0.1, 0.15) is 5.82 Å². The summed E-state index contributed by atoms with van der Waals surface area (Å²) < 4.78 is 12.9. The number of hydrogen-bond acceptors (Lipinski definition) is 4. The fraction of sp³-hybridized carbons (Fsp3) is 0.0952.